The number of fused-ring (bicyclic) bond motifs is 2. The van der Waals surface area contributed by atoms with E-state index in [2.05, 4.69) is 10.2 Å². The van der Waals surface area contributed by atoms with E-state index in [0.717, 1.165) is 42.7 Å². The van der Waals surface area contributed by atoms with Crippen molar-refractivity contribution in [3.05, 3.63) is 47.5 Å². The third-order valence-electron chi connectivity index (χ3n) is 6.77. The van der Waals surface area contributed by atoms with Gasteiger partial charge in [0, 0.05) is 23.9 Å². The standard InChI is InChI=1S/C24H28N2O4/c1-29-21-12-18-19(13-22(21)30-15-16-6-7-16)25-23(28)24(18)8-10-26(11-9-24)14-17-4-2-3-5-20(17)27/h2-5,12-13,16,27H,6-11,14-15H2,1H3,(H,25,28). The monoisotopic (exact) mass is 408 g/mol. The summed E-state index contributed by atoms with van der Waals surface area (Å²) < 4.78 is 11.6. The van der Waals surface area contributed by atoms with Crippen molar-refractivity contribution in [3.63, 3.8) is 0 Å². The maximum Gasteiger partial charge on any atom is 0.235 e. The van der Waals surface area contributed by atoms with Crippen LogP contribution in [0.4, 0.5) is 5.69 Å². The summed E-state index contributed by atoms with van der Waals surface area (Å²) in [6.07, 6.45) is 3.93. The molecule has 0 unspecified atom stereocenters. The topological polar surface area (TPSA) is 71.0 Å². The predicted molar refractivity (Wildman–Crippen MR) is 114 cm³/mol. The fourth-order valence-corrected chi connectivity index (χ4v) is 4.66. The SMILES string of the molecule is COc1cc2c(cc1OCC1CC1)NC(=O)C21CCN(Cc2ccccc2O)CC1. The molecule has 0 radical (unpaired) electrons. The number of aromatic hydroxyl groups is 1. The number of methoxy groups -OCH3 is 1. The van der Waals surface area contributed by atoms with Crippen LogP contribution in [-0.2, 0) is 16.8 Å². The van der Waals surface area contributed by atoms with E-state index in [4.69, 9.17) is 9.47 Å². The lowest BCUT2D eigenvalue weighted by molar-refractivity contribution is -0.122. The molecule has 0 aromatic heterocycles. The maximum absolute atomic E-state index is 13.1. The van der Waals surface area contributed by atoms with Gasteiger partial charge < -0.3 is 19.9 Å². The molecule has 30 heavy (non-hydrogen) atoms. The van der Waals surface area contributed by atoms with Crippen molar-refractivity contribution in [1.82, 2.24) is 4.90 Å². The minimum Gasteiger partial charge on any atom is -0.508 e. The third kappa shape index (κ3) is 3.39. The van der Waals surface area contributed by atoms with Gasteiger partial charge >= 0.3 is 0 Å². The zero-order chi connectivity index (χ0) is 20.7. The van der Waals surface area contributed by atoms with Crippen LogP contribution in [0, 0.1) is 5.92 Å². The van der Waals surface area contributed by atoms with E-state index in [1.807, 2.05) is 30.3 Å². The van der Waals surface area contributed by atoms with Crippen LogP contribution in [0.2, 0.25) is 0 Å². The van der Waals surface area contributed by atoms with Gasteiger partial charge in [-0.05, 0) is 62.4 Å². The van der Waals surface area contributed by atoms with Crippen LogP contribution >= 0.6 is 0 Å². The quantitative estimate of drug-likeness (QED) is 0.763. The van der Waals surface area contributed by atoms with E-state index in [-0.39, 0.29) is 5.91 Å². The minimum atomic E-state index is -0.521. The van der Waals surface area contributed by atoms with Gasteiger partial charge in [0.1, 0.15) is 5.75 Å². The van der Waals surface area contributed by atoms with Crippen LogP contribution in [-0.4, -0.2) is 42.7 Å². The third-order valence-corrected chi connectivity index (χ3v) is 6.77. The molecule has 1 spiro atoms. The normalized spacial score (nSPS) is 20.1. The van der Waals surface area contributed by atoms with Gasteiger partial charge in [-0.15, -0.1) is 0 Å². The Labute approximate surface area is 176 Å². The first-order chi connectivity index (χ1) is 14.6. The number of carbonyl (C=O) groups excluding carboxylic acids is 1. The number of ether oxygens (including phenoxy) is 2. The van der Waals surface area contributed by atoms with Crippen molar-refractivity contribution in [2.45, 2.75) is 37.6 Å². The molecule has 2 aliphatic heterocycles. The fourth-order valence-electron chi connectivity index (χ4n) is 4.66. The van der Waals surface area contributed by atoms with E-state index < -0.39 is 5.41 Å². The number of nitrogens with one attached hydrogen (secondary N) is 1. The van der Waals surface area contributed by atoms with E-state index in [1.54, 1.807) is 13.2 Å². The van der Waals surface area contributed by atoms with Gasteiger partial charge in [0.2, 0.25) is 5.91 Å². The summed E-state index contributed by atoms with van der Waals surface area (Å²) >= 11 is 0. The van der Waals surface area contributed by atoms with Crippen LogP contribution in [0.1, 0.15) is 36.8 Å². The predicted octanol–water partition coefficient (Wildman–Crippen LogP) is 3.68. The van der Waals surface area contributed by atoms with Crippen molar-refractivity contribution in [2.75, 3.05) is 32.1 Å². The van der Waals surface area contributed by atoms with Crippen molar-refractivity contribution in [2.24, 2.45) is 5.92 Å². The first-order valence-electron chi connectivity index (χ1n) is 10.7. The number of likely N-dealkylation sites (tertiary alicyclic amines) is 1. The van der Waals surface area contributed by atoms with E-state index in [1.165, 1.54) is 12.8 Å². The summed E-state index contributed by atoms with van der Waals surface area (Å²) in [6, 6.07) is 11.4. The van der Waals surface area contributed by atoms with Crippen molar-refractivity contribution < 1.29 is 19.4 Å². The number of rotatable bonds is 6. The lowest BCUT2D eigenvalue weighted by atomic mass is 9.73. The molecule has 0 bridgehead atoms. The molecule has 0 atom stereocenters. The molecule has 1 aliphatic carbocycles. The molecular weight excluding hydrogens is 380 g/mol. The Bertz CT molecular complexity index is 962. The zero-order valence-corrected chi connectivity index (χ0v) is 17.3. The molecule has 2 aromatic carbocycles. The highest BCUT2D eigenvalue weighted by Gasteiger charge is 2.49. The Kier molecular flexibility index (Phi) is 4.82. The fraction of sp³-hybridized carbons (Fsp3) is 0.458. The maximum atomic E-state index is 13.1. The smallest absolute Gasteiger partial charge is 0.235 e. The molecular formula is C24H28N2O4. The Morgan fingerprint density at radius 1 is 1.17 bits per heavy atom. The summed E-state index contributed by atoms with van der Waals surface area (Å²) in [5.74, 6) is 2.45. The number of benzene rings is 2. The number of phenols is 1. The Morgan fingerprint density at radius 2 is 1.93 bits per heavy atom. The van der Waals surface area contributed by atoms with Crippen molar-refractivity contribution >= 4 is 11.6 Å². The second-order valence-corrected chi connectivity index (χ2v) is 8.74. The van der Waals surface area contributed by atoms with Crippen LogP contribution < -0.4 is 14.8 Å². The number of carbonyl (C=O) groups is 1. The number of hydrogen-bond donors (Lipinski definition) is 2. The van der Waals surface area contributed by atoms with E-state index in [9.17, 15) is 9.90 Å². The average Bonchev–Trinajstić information content (AvgIpc) is 3.55. The highest BCUT2D eigenvalue weighted by molar-refractivity contribution is 6.06. The largest absolute Gasteiger partial charge is 0.508 e. The van der Waals surface area contributed by atoms with Crippen molar-refractivity contribution in [3.8, 4) is 17.2 Å². The summed E-state index contributed by atoms with van der Waals surface area (Å²) in [5, 5.41) is 13.2. The Morgan fingerprint density at radius 3 is 2.63 bits per heavy atom. The molecule has 1 saturated carbocycles. The Hall–Kier alpha value is -2.73. The number of phenolic OH excluding ortho intramolecular Hbond substituents is 1. The molecule has 2 aromatic rings. The van der Waals surface area contributed by atoms with Gasteiger partial charge in [-0.1, -0.05) is 18.2 Å². The highest BCUT2D eigenvalue weighted by atomic mass is 16.5. The van der Waals surface area contributed by atoms with Gasteiger partial charge in [0.25, 0.3) is 0 Å². The molecule has 5 rings (SSSR count). The van der Waals surface area contributed by atoms with Gasteiger partial charge in [-0.25, -0.2) is 0 Å². The molecule has 2 heterocycles. The second-order valence-electron chi connectivity index (χ2n) is 8.74. The first-order valence-corrected chi connectivity index (χ1v) is 10.7. The number of nitrogens with zero attached hydrogens (tertiary/aromatic N) is 1. The lowest BCUT2D eigenvalue weighted by Crippen LogP contribution is -2.46. The van der Waals surface area contributed by atoms with Gasteiger partial charge in [-0.3, -0.25) is 9.69 Å². The van der Waals surface area contributed by atoms with Gasteiger partial charge in [0.05, 0.1) is 19.1 Å². The summed E-state index contributed by atoms with van der Waals surface area (Å²) in [7, 11) is 1.65. The van der Waals surface area contributed by atoms with Crippen LogP contribution in [0.3, 0.4) is 0 Å². The van der Waals surface area contributed by atoms with Gasteiger partial charge in [-0.2, -0.15) is 0 Å². The average molecular weight is 408 g/mol. The minimum absolute atomic E-state index is 0.0705. The molecule has 2 fully saturated rings. The van der Waals surface area contributed by atoms with Gasteiger partial charge in [0.15, 0.2) is 11.5 Å². The Balaban J connectivity index is 1.34. The van der Waals surface area contributed by atoms with Crippen LogP contribution in [0.5, 0.6) is 17.2 Å². The first kappa shape index (κ1) is 19.2. The zero-order valence-electron chi connectivity index (χ0n) is 17.3. The molecule has 1 saturated heterocycles. The summed E-state index contributed by atoms with van der Waals surface area (Å²) in [5.41, 5.74) is 2.27. The number of piperidine rings is 1. The number of para-hydroxylation sites is 1. The second kappa shape index (κ2) is 7.51. The highest BCUT2D eigenvalue weighted by Crippen LogP contribution is 2.49. The summed E-state index contributed by atoms with van der Waals surface area (Å²) in [4.78, 5) is 15.4. The van der Waals surface area contributed by atoms with Crippen molar-refractivity contribution in [1.29, 1.82) is 0 Å². The molecule has 158 valence electrons. The summed E-state index contributed by atoms with van der Waals surface area (Å²) in [6.45, 7) is 2.98. The molecule has 2 N–H and O–H groups in total. The van der Waals surface area contributed by atoms with Crippen LogP contribution in [0.15, 0.2) is 36.4 Å². The van der Waals surface area contributed by atoms with E-state index in [0.29, 0.717) is 36.3 Å². The van der Waals surface area contributed by atoms with E-state index >= 15 is 0 Å². The molecule has 3 aliphatic rings. The molecule has 1 amide bonds. The number of hydrogen-bond acceptors (Lipinski definition) is 5. The number of amides is 1. The van der Waals surface area contributed by atoms with Crippen LogP contribution in [0.25, 0.3) is 0 Å². The molecule has 6 heteroatoms. The lowest BCUT2D eigenvalue weighted by Gasteiger charge is -2.38. The number of anilines is 1. The molecule has 6 nitrogen and oxygen atoms in total.